The van der Waals surface area contributed by atoms with Gasteiger partial charge < -0.3 is 5.11 Å². The predicted molar refractivity (Wildman–Crippen MR) is 67.0 cm³/mol. The molecule has 0 saturated heterocycles. The van der Waals surface area contributed by atoms with Crippen molar-refractivity contribution in [3.63, 3.8) is 0 Å². The first-order valence-corrected chi connectivity index (χ1v) is 6.63. The highest BCUT2D eigenvalue weighted by atomic mass is 35.5. The minimum absolute atomic E-state index is 0.0641. The third-order valence-corrected chi connectivity index (χ3v) is 5.37. The Morgan fingerprint density at radius 3 is 1.80 bits per heavy atom. The van der Waals surface area contributed by atoms with Crippen LogP contribution in [0.4, 0.5) is 0 Å². The molecule has 0 atom stereocenters. The first-order chi connectivity index (χ1) is 7.02. The van der Waals surface area contributed by atoms with E-state index in [9.17, 15) is 5.11 Å². The maximum Gasteiger partial charge on any atom is 0.155 e. The van der Waals surface area contributed by atoms with Crippen molar-refractivity contribution in [1.29, 1.82) is 0 Å². The number of phenolic OH excluding ortho intramolecular Hbond substituents is 1. The number of halogens is 4. The van der Waals surface area contributed by atoms with E-state index in [2.05, 4.69) is 0 Å². The topological polar surface area (TPSA) is 20.2 Å². The van der Waals surface area contributed by atoms with Crippen LogP contribution in [0.1, 0.15) is 12.8 Å². The SMILES string of the molecule is Oc1c(Cl)c(Cl)c(SC2CC2)c(Cl)c1Cl. The van der Waals surface area contributed by atoms with E-state index in [1.54, 1.807) is 11.8 Å². The van der Waals surface area contributed by atoms with E-state index >= 15 is 0 Å². The van der Waals surface area contributed by atoms with Gasteiger partial charge in [-0.1, -0.05) is 46.4 Å². The average Bonchev–Trinajstić information content (AvgIpc) is 3.02. The molecule has 82 valence electrons. The van der Waals surface area contributed by atoms with Gasteiger partial charge in [-0.3, -0.25) is 0 Å². The van der Waals surface area contributed by atoms with E-state index in [-0.39, 0.29) is 25.8 Å². The Hall–Kier alpha value is 0.530. The minimum Gasteiger partial charge on any atom is -0.505 e. The van der Waals surface area contributed by atoms with Crippen LogP contribution in [0.3, 0.4) is 0 Å². The first-order valence-electron chi connectivity index (χ1n) is 4.24. The van der Waals surface area contributed by atoms with Gasteiger partial charge in [0.1, 0.15) is 10.0 Å². The highest BCUT2D eigenvalue weighted by molar-refractivity contribution is 8.00. The Labute approximate surface area is 112 Å². The van der Waals surface area contributed by atoms with Gasteiger partial charge in [0.05, 0.1) is 10.0 Å². The fourth-order valence-electron chi connectivity index (χ4n) is 1.06. The average molecular weight is 304 g/mol. The third-order valence-electron chi connectivity index (χ3n) is 2.01. The van der Waals surface area contributed by atoms with Gasteiger partial charge >= 0.3 is 0 Å². The quantitative estimate of drug-likeness (QED) is 0.752. The Balaban J connectivity index is 2.51. The second-order valence-corrected chi connectivity index (χ2v) is 6.07. The molecule has 0 aromatic heterocycles. The van der Waals surface area contributed by atoms with Gasteiger partial charge in [-0.25, -0.2) is 0 Å². The lowest BCUT2D eigenvalue weighted by atomic mass is 10.3. The molecule has 0 amide bonds. The van der Waals surface area contributed by atoms with Crippen molar-refractivity contribution in [1.82, 2.24) is 0 Å². The van der Waals surface area contributed by atoms with E-state index in [0.717, 1.165) is 12.8 Å². The van der Waals surface area contributed by atoms with Crippen LogP contribution in [0.5, 0.6) is 5.75 Å². The Morgan fingerprint density at radius 2 is 1.40 bits per heavy atom. The summed E-state index contributed by atoms with van der Waals surface area (Å²) in [5.41, 5.74) is 0. The molecule has 1 aliphatic carbocycles. The zero-order valence-electron chi connectivity index (χ0n) is 7.36. The summed E-state index contributed by atoms with van der Waals surface area (Å²) < 4.78 is 0. The molecule has 6 heteroatoms. The zero-order chi connectivity index (χ0) is 11.2. The van der Waals surface area contributed by atoms with Gasteiger partial charge in [-0.2, -0.15) is 0 Å². The fraction of sp³-hybridized carbons (Fsp3) is 0.333. The second-order valence-electron chi connectivity index (χ2n) is 3.25. The molecule has 0 heterocycles. The molecule has 0 unspecified atom stereocenters. The highest BCUT2D eigenvalue weighted by Crippen LogP contribution is 2.52. The number of benzene rings is 1. The molecular weight excluding hydrogens is 298 g/mol. The van der Waals surface area contributed by atoms with E-state index in [1.807, 2.05) is 0 Å². The molecule has 1 aromatic carbocycles. The number of hydrogen-bond acceptors (Lipinski definition) is 2. The van der Waals surface area contributed by atoms with Crippen LogP contribution in [-0.4, -0.2) is 10.4 Å². The maximum atomic E-state index is 9.50. The molecule has 1 aromatic rings. The summed E-state index contributed by atoms with van der Waals surface area (Å²) in [4.78, 5) is 0.661. The fourth-order valence-corrected chi connectivity index (χ4v) is 3.39. The summed E-state index contributed by atoms with van der Waals surface area (Å²) in [6.45, 7) is 0. The summed E-state index contributed by atoms with van der Waals surface area (Å²) >= 11 is 25.2. The van der Waals surface area contributed by atoms with Gasteiger partial charge in [0.2, 0.25) is 0 Å². The van der Waals surface area contributed by atoms with Gasteiger partial charge in [0.25, 0.3) is 0 Å². The zero-order valence-corrected chi connectivity index (χ0v) is 11.2. The maximum absolute atomic E-state index is 9.50. The lowest BCUT2D eigenvalue weighted by Crippen LogP contribution is -1.85. The van der Waals surface area contributed by atoms with Crippen LogP contribution < -0.4 is 0 Å². The van der Waals surface area contributed by atoms with Gasteiger partial charge in [-0.15, -0.1) is 11.8 Å². The van der Waals surface area contributed by atoms with Crippen LogP contribution in [0.25, 0.3) is 0 Å². The first kappa shape index (κ1) is 12.0. The molecule has 1 fully saturated rings. The van der Waals surface area contributed by atoms with Crippen LogP contribution >= 0.6 is 58.2 Å². The van der Waals surface area contributed by atoms with E-state index in [1.165, 1.54) is 0 Å². The van der Waals surface area contributed by atoms with Crippen molar-refractivity contribution in [2.24, 2.45) is 0 Å². The van der Waals surface area contributed by atoms with Crippen LogP contribution in [0.15, 0.2) is 4.90 Å². The molecule has 0 spiro atoms. The number of phenols is 1. The summed E-state index contributed by atoms with van der Waals surface area (Å²) in [6, 6.07) is 0. The summed E-state index contributed by atoms with van der Waals surface area (Å²) in [5.74, 6) is -0.256. The van der Waals surface area contributed by atoms with Crippen LogP contribution in [0, 0.1) is 0 Å². The minimum atomic E-state index is -0.256. The standard InChI is InChI=1S/C9H6Cl4OS/c10-4-6(12)9(15-3-1-2-3)7(13)5(11)8(4)14/h3,14H,1-2H2. The van der Waals surface area contributed by atoms with E-state index < -0.39 is 0 Å². The van der Waals surface area contributed by atoms with Gasteiger partial charge in [0, 0.05) is 10.1 Å². The normalized spacial score (nSPS) is 15.7. The Morgan fingerprint density at radius 1 is 0.933 bits per heavy atom. The predicted octanol–water partition coefficient (Wildman–Crippen LogP) is 5.26. The molecule has 1 saturated carbocycles. The Kier molecular flexibility index (Phi) is 3.54. The molecule has 0 bridgehead atoms. The molecule has 0 aliphatic heterocycles. The molecule has 1 N–H and O–H groups in total. The summed E-state index contributed by atoms with van der Waals surface area (Å²) in [6.07, 6.45) is 2.29. The molecule has 1 nitrogen and oxygen atoms in total. The number of hydrogen-bond donors (Lipinski definition) is 1. The lowest BCUT2D eigenvalue weighted by Gasteiger charge is -2.11. The van der Waals surface area contributed by atoms with Crippen molar-refractivity contribution >= 4 is 58.2 Å². The van der Waals surface area contributed by atoms with Crippen molar-refractivity contribution < 1.29 is 5.11 Å². The van der Waals surface area contributed by atoms with Crippen molar-refractivity contribution in [3.8, 4) is 5.75 Å². The smallest absolute Gasteiger partial charge is 0.155 e. The van der Waals surface area contributed by atoms with Crippen molar-refractivity contribution in [3.05, 3.63) is 20.1 Å². The largest absolute Gasteiger partial charge is 0.505 e. The molecule has 0 radical (unpaired) electrons. The van der Waals surface area contributed by atoms with Crippen molar-refractivity contribution in [2.75, 3.05) is 0 Å². The number of thioether (sulfide) groups is 1. The summed E-state index contributed by atoms with van der Waals surface area (Å²) in [7, 11) is 0. The highest BCUT2D eigenvalue weighted by Gasteiger charge is 2.28. The third kappa shape index (κ3) is 2.29. The van der Waals surface area contributed by atoms with Gasteiger partial charge in [-0.05, 0) is 12.8 Å². The molecular formula is C9H6Cl4OS. The monoisotopic (exact) mass is 302 g/mol. The molecule has 2 rings (SSSR count). The van der Waals surface area contributed by atoms with Crippen molar-refractivity contribution in [2.45, 2.75) is 23.0 Å². The number of aromatic hydroxyl groups is 1. The number of rotatable bonds is 2. The second kappa shape index (κ2) is 4.42. The van der Waals surface area contributed by atoms with Crippen LogP contribution in [0.2, 0.25) is 20.1 Å². The van der Waals surface area contributed by atoms with E-state index in [4.69, 9.17) is 46.4 Å². The van der Waals surface area contributed by atoms with Crippen LogP contribution in [-0.2, 0) is 0 Å². The molecule has 1 aliphatic rings. The summed E-state index contributed by atoms with van der Waals surface area (Å²) in [5, 5.41) is 10.7. The molecule has 15 heavy (non-hydrogen) atoms. The lowest BCUT2D eigenvalue weighted by molar-refractivity contribution is 0.475. The van der Waals surface area contributed by atoms with E-state index in [0.29, 0.717) is 10.1 Å². The Bertz CT molecular complexity index is 388. The van der Waals surface area contributed by atoms with Gasteiger partial charge in [0.15, 0.2) is 5.75 Å².